The summed E-state index contributed by atoms with van der Waals surface area (Å²) in [6.07, 6.45) is 0. The molecule has 2 aromatic carbocycles. The molecule has 0 radical (unpaired) electrons. The van der Waals surface area contributed by atoms with Gasteiger partial charge in [-0.25, -0.2) is 4.39 Å². The number of nitrogens with zero attached hydrogens (tertiary/aromatic N) is 1. The van der Waals surface area contributed by atoms with Crippen LogP contribution in [0.3, 0.4) is 0 Å². The molecule has 0 saturated heterocycles. The lowest BCUT2D eigenvalue weighted by atomic mass is 10.0. The van der Waals surface area contributed by atoms with E-state index in [0.29, 0.717) is 18.7 Å². The van der Waals surface area contributed by atoms with Crippen LogP contribution in [0.25, 0.3) is 0 Å². The number of hydrogen-bond acceptors (Lipinski definition) is 2. The summed E-state index contributed by atoms with van der Waals surface area (Å²) in [7, 11) is 0. The fourth-order valence-electron chi connectivity index (χ4n) is 2.46. The van der Waals surface area contributed by atoms with E-state index in [9.17, 15) is 9.18 Å². The first kappa shape index (κ1) is 16.2. The molecular formula is C18H21FN2O. The van der Waals surface area contributed by atoms with Crippen molar-refractivity contribution in [3.63, 3.8) is 0 Å². The van der Waals surface area contributed by atoms with Crippen LogP contribution in [0.15, 0.2) is 48.5 Å². The molecule has 0 saturated carbocycles. The monoisotopic (exact) mass is 300 g/mol. The van der Waals surface area contributed by atoms with Crippen LogP contribution in [0.1, 0.15) is 41.4 Å². The van der Waals surface area contributed by atoms with E-state index in [1.807, 2.05) is 26.0 Å². The third kappa shape index (κ3) is 3.52. The summed E-state index contributed by atoms with van der Waals surface area (Å²) < 4.78 is 13.0. The molecule has 3 nitrogen and oxygen atoms in total. The van der Waals surface area contributed by atoms with Crippen LogP contribution in [0.5, 0.6) is 0 Å². The summed E-state index contributed by atoms with van der Waals surface area (Å²) in [6, 6.07) is 13.5. The Morgan fingerprint density at radius 3 is 2.23 bits per heavy atom. The Labute approximate surface area is 130 Å². The second kappa shape index (κ2) is 7.18. The predicted molar refractivity (Wildman–Crippen MR) is 85.9 cm³/mol. The molecule has 0 aliphatic carbocycles. The van der Waals surface area contributed by atoms with Crippen LogP contribution < -0.4 is 5.73 Å². The average molecular weight is 300 g/mol. The third-order valence-corrected chi connectivity index (χ3v) is 3.86. The maximum atomic E-state index is 13.0. The summed E-state index contributed by atoms with van der Waals surface area (Å²) in [4.78, 5) is 14.4. The van der Waals surface area contributed by atoms with Gasteiger partial charge in [-0.1, -0.05) is 24.3 Å². The fourth-order valence-corrected chi connectivity index (χ4v) is 2.46. The Morgan fingerprint density at radius 1 is 1.14 bits per heavy atom. The van der Waals surface area contributed by atoms with Gasteiger partial charge in [0.15, 0.2) is 0 Å². The number of amides is 1. The van der Waals surface area contributed by atoms with Crippen molar-refractivity contribution in [1.29, 1.82) is 0 Å². The molecule has 22 heavy (non-hydrogen) atoms. The van der Waals surface area contributed by atoms with Crippen LogP contribution >= 0.6 is 0 Å². The van der Waals surface area contributed by atoms with Crippen molar-refractivity contribution < 1.29 is 9.18 Å². The van der Waals surface area contributed by atoms with Crippen molar-refractivity contribution in [3.8, 4) is 0 Å². The summed E-state index contributed by atoms with van der Waals surface area (Å²) in [5, 5.41) is 0. The van der Waals surface area contributed by atoms with E-state index in [-0.39, 0.29) is 17.8 Å². The molecular weight excluding hydrogens is 279 g/mol. The molecule has 1 amide bonds. The minimum Gasteiger partial charge on any atom is -0.332 e. The van der Waals surface area contributed by atoms with Crippen molar-refractivity contribution in [2.45, 2.75) is 26.4 Å². The van der Waals surface area contributed by atoms with Gasteiger partial charge in [-0.2, -0.15) is 0 Å². The molecule has 0 aliphatic heterocycles. The normalized spacial score (nSPS) is 12.0. The number of nitrogens with two attached hydrogens (primary N) is 1. The van der Waals surface area contributed by atoms with Crippen LogP contribution in [-0.2, 0) is 6.54 Å². The number of carbonyl (C=O) groups is 1. The minimum atomic E-state index is -0.275. The van der Waals surface area contributed by atoms with Crippen LogP contribution in [0, 0.1) is 5.82 Å². The van der Waals surface area contributed by atoms with Gasteiger partial charge in [-0.3, -0.25) is 4.79 Å². The molecule has 0 aromatic heterocycles. The lowest BCUT2D eigenvalue weighted by Crippen LogP contribution is -2.33. The number of hydrogen-bond donors (Lipinski definition) is 1. The Hall–Kier alpha value is -2.20. The summed E-state index contributed by atoms with van der Waals surface area (Å²) in [6.45, 7) is 4.92. The lowest BCUT2D eigenvalue weighted by molar-refractivity contribution is 0.0702. The van der Waals surface area contributed by atoms with Crippen LogP contribution in [0.4, 0.5) is 4.39 Å². The number of benzene rings is 2. The zero-order valence-corrected chi connectivity index (χ0v) is 12.9. The number of carbonyl (C=O) groups excluding carboxylic acids is 1. The molecule has 0 heterocycles. The van der Waals surface area contributed by atoms with Crippen molar-refractivity contribution in [3.05, 3.63) is 71.0 Å². The fraction of sp³-hybridized carbons (Fsp3) is 0.278. The molecule has 4 heteroatoms. The van der Waals surface area contributed by atoms with E-state index < -0.39 is 0 Å². The van der Waals surface area contributed by atoms with E-state index in [1.165, 1.54) is 12.1 Å². The lowest BCUT2D eigenvalue weighted by Gasteiger charge is -2.28. The second-order valence-electron chi connectivity index (χ2n) is 5.22. The SMILES string of the molecule is CCN(C(=O)c1ccc(CN)cc1)C(C)c1ccc(F)cc1. The van der Waals surface area contributed by atoms with Crippen molar-refractivity contribution in [2.24, 2.45) is 5.73 Å². The first-order valence-corrected chi connectivity index (χ1v) is 7.42. The Balaban J connectivity index is 2.21. The third-order valence-electron chi connectivity index (χ3n) is 3.86. The molecule has 2 N–H and O–H groups in total. The van der Waals surface area contributed by atoms with Gasteiger partial charge < -0.3 is 10.6 Å². The van der Waals surface area contributed by atoms with Gasteiger partial charge >= 0.3 is 0 Å². The highest BCUT2D eigenvalue weighted by molar-refractivity contribution is 5.94. The van der Waals surface area contributed by atoms with Gasteiger partial charge in [0.05, 0.1) is 6.04 Å². The first-order valence-electron chi connectivity index (χ1n) is 7.42. The highest BCUT2D eigenvalue weighted by Crippen LogP contribution is 2.22. The highest BCUT2D eigenvalue weighted by Gasteiger charge is 2.21. The Bertz CT molecular complexity index is 623. The van der Waals surface area contributed by atoms with Gasteiger partial charge in [-0.05, 0) is 49.2 Å². The molecule has 0 aliphatic rings. The van der Waals surface area contributed by atoms with E-state index in [4.69, 9.17) is 5.73 Å². The summed E-state index contributed by atoms with van der Waals surface area (Å²) in [5.74, 6) is -0.314. The molecule has 116 valence electrons. The van der Waals surface area contributed by atoms with E-state index in [2.05, 4.69) is 0 Å². The molecule has 0 bridgehead atoms. The standard InChI is InChI=1S/C18H21FN2O/c1-3-21(13(2)15-8-10-17(19)11-9-15)18(22)16-6-4-14(12-20)5-7-16/h4-11,13H,3,12,20H2,1-2H3. The van der Waals surface area contributed by atoms with Crippen molar-refractivity contribution in [1.82, 2.24) is 4.90 Å². The molecule has 0 spiro atoms. The quantitative estimate of drug-likeness (QED) is 0.918. The van der Waals surface area contributed by atoms with E-state index in [0.717, 1.165) is 11.1 Å². The average Bonchev–Trinajstić information content (AvgIpc) is 2.56. The van der Waals surface area contributed by atoms with Gasteiger partial charge in [0.1, 0.15) is 5.82 Å². The van der Waals surface area contributed by atoms with Gasteiger partial charge in [0, 0.05) is 18.7 Å². The first-order chi connectivity index (χ1) is 10.6. The smallest absolute Gasteiger partial charge is 0.254 e. The number of halogens is 1. The van der Waals surface area contributed by atoms with Crippen molar-refractivity contribution >= 4 is 5.91 Å². The van der Waals surface area contributed by atoms with E-state index >= 15 is 0 Å². The molecule has 2 rings (SSSR count). The van der Waals surface area contributed by atoms with Gasteiger partial charge in [0.25, 0.3) is 5.91 Å². The van der Waals surface area contributed by atoms with Crippen LogP contribution in [-0.4, -0.2) is 17.4 Å². The van der Waals surface area contributed by atoms with Crippen molar-refractivity contribution in [2.75, 3.05) is 6.54 Å². The van der Waals surface area contributed by atoms with E-state index in [1.54, 1.807) is 29.2 Å². The summed E-state index contributed by atoms with van der Waals surface area (Å²) >= 11 is 0. The molecule has 2 aromatic rings. The number of rotatable bonds is 5. The Kier molecular flexibility index (Phi) is 5.28. The van der Waals surface area contributed by atoms with Gasteiger partial charge in [0.2, 0.25) is 0 Å². The van der Waals surface area contributed by atoms with Gasteiger partial charge in [-0.15, -0.1) is 0 Å². The molecule has 1 atom stereocenters. The minimum absolute atomic E-state index is 0.0390. The highest BCUT2D eigenvalue weighted by atomic mass is 19.1. The maximum absolute atomic E-state index is 13.0. The molecule has 0 fully saturated rings. The zero-order chi connectivity index (χ0) is 16.1. The zero-order valence-electron chi connectivity index (χ0n) is 12.9. The van der Waals surface area contributed by atoms with Crippen LogP contribution in [0.2, 0.25) is 0 Å². The Morgan fingerprint density at radius 2 is 1.73 bits per heavy atom. The maximum Gasteiger partial charge on any atom is 0.254 e. The summed E-state index contributed by atoms with van der Waals surface area (Å²) in [5.41, 5.74) is 8.11. The molecule has 1 unspecified atom stereocenters. The largest absolute Gasteiger partial charge is 0.332 e. The predicted octanol–water partition coefficient (Wildman–Crippen LogP) is 3.51. The topological polar surface area (TPSA) is 46.3 Å². The second-order valence-corrected chi connectivity index (χ2v) is 5.22.